The van der Waals surface area contributed by atoms with E-state index in [9.17, 15) is 84.9 Å². The van der Waals surface area contributed by atoms with Crippen LogP contribution in [0.5, 0.6) is 0 Å². The first-order valence-electron chi connectivity index (χ1n) is 35.7. The minimum Gasteiger partial charge on any atom is -0.479 e. The molecule has 5 saturated heterocycles. The van der Waals surface area contributed by atoms with Crippen LogP contribution in [0.4, 0.5) is 0 Å². The maximum atomic E-state index is 13.5. The summed E-state index contributed by atoms with van der Waals surface area (Å²) in [5.41, 5.74) is 0. The van der Waals surface area contributed by atoms with Gasteiger partial charge >= 0.3 is 5.97 Å². The van der Waals surface area contributed by atoms with E-state index in [2.05, 4.69) is 21.3 Å². The highest BCUT2D eigenvalue weighted by atomic mass is 16.7. The Hall–Kier alpha value is -3.66. The number of hydrogen-bond acceptors (Lipinski definition) is 28. The summed E-state index contributed by atoms with van der Waals surface area (Å²) in [6, 6.07) is -2.40. The lowest BCUT2D eigenvalue weighted by Crippen LogP contribution is -2.67. The van der Waals surface area contributed by atoms with Gasteiger partial charge in [-0.1, -0.05) is 53.4 Å². The zero-order chi connectivity index (χ0) is 73.1. The van der Waals surface area contributed by atoms with Crippen molar-refractivity contribution >= 4 is 35.3 Å². The molecule has 0 radical (unpaired) electrons. The van der Waals surface area contributed by atoms with Gasteiger partial charge in [-0.05, 0) is 111 Å². The van der Waals surface area contributed by atoms with Gasteiger partial charge in [0, 0.05) is 51.6 Å². The van der Waals surface area contributed by atoms with E-state index < -0.39 is 202 Å². The Bertz CT molecular complexity index is 2500. The van der Waals surface area contributed by atoms with E-state index in [1.807, 2.05) is 27.8 Å². The van der Waals surface area contributed by atoms with Crippen molar-refractivity contribution in [2.45, 2.75) is 311 Å². The molecule has 30 atom stereocenters. The second kappa shape index (κ2) is 40.6. The quantitative estimate of drug-likeness (QED) is 0.0303. The van der Waals surface area contributed by atoms with Crippen LogP contribution in [0, 0.1) is 23.7 Å². The normalized spacial score (nSPS) is 39.3. The number of Topliss-reactive ketones (excluding diaryl/α,β-unsaturated/α-hetero) is 2. The fourth-order valence-corrected chi connectivity index (χ4v) is 14.4. The molecule has 2 aliphatic carbocycles. The number of nitrogens with one attached hydrogen (secondary N) is 4. The average molecular weight is 1420 g/mol. The molecule has 0 bridgehead atoms. The predicted molar refractivity (Wildman–Crippen MR) is 348 cm³/mol. The lowest BCUT2D eigenvalue weighted by molar-refractivity contribution is -0.338. The standard InChI is InChI=1S/C35H61N3O13.C32H56N2O14/c1-6-10-23(33(46)38-13-9-14-38)48-32-26(37-19(4)40)34(50-25(17-39)28(32)43)49-24-16-21(22(41)11-8-12-36-5)15-20(7-2)31(24)51-35-30(45)29(44)27(42)18(3)47-35;1-6-9-20(30(42)43)45-29-23(34-16(4)36)31(47-22(14-35)25(29)39)46-21-13-18(19(37)10-8-11-33-5)12-17(7-2)28(21)48-32-27(41)26(40)24(38)15(3)44-32/h18,20-21,23-32,34-36,39,42-45H,6-17H2,1-5H3,(H,37,40);15,17-18,20-29,31-33,35,38-41H,6-14H2,1-5H3,(H,34,36)(H,42,43)/t18?,20?,21?,23-,24+,25-,26?,27+,28-,29-,30?,31+,32?,34+,35-;15?,17?,18?,20-,21+,22-,23?,24+,25-,26-,27?,28+,29?,31+,32-/m00/s1. The summed E-state index contributed by atoms with van der Waals surface area (Å²) >= 11 is 0. The second-order valence-corrected chi connectivity index (χ2v) is 27.6. The maximum Gasteiger partial charge on any atom is 0.332 e. The number of likely N-dealkylation sites (tertiary alicyclic amines) is 1. The van der Waals surface area contributed by atoms with Crippen LogP contribution in [-0.4, -0.2) is 309 Å². The lowest BCUT2D eigenvalue weighted by Gasteiger charge is -2.49. The molecule has 3 amide bonds. The molecule has 99 heavy (non-hydrogen) atoms. The molecule has 2 saturated carbocycles. The van der Waals surface area contributed by atoms with Crippen molar-refractivity contribution in [2.75, 3.05) is 53.5 Å². The summed E-state index contributed by atoms with van der Waals surface area (Å²) in [5.74, 6) is -3.92. The van der Waals surface area contributed by atoms with E-state index in [0.29, 0.717) is 96.8 Å². The van der Waals surface area contributed by atoms with Gasteiger partial charge < -0.3 is 130 Å². The smallest absolute Gasteiger partial charge is 0.332 e. The molecule has 32 heteroatoms. The summed E-state index contributed by atoms with van der Waals surface area (Å²) in [6.45, 7) is 14.3. The molecule has 12 unspecified atom stereocenters. The molecule has 0 aromatic heterocycles. The molecule has 5 aliphatic heterocycles. The van der Waals surface area contributed by atoms with Crippen LogP contribution in [0.25, 0.3) is 0 Å². The molecular weight excluding hydrogens is 1310 g/mol. The van der Waals surface area contributed by atoms with E-state index >= 15 is 0 Å². The van der Waals surface area contributed by atoms with E-state index in [-0.39, 0.29) is 48.6 Å². The number of nitrogens with zero attached hydrogens (tertiary/aromatic N) is 1. The van der Waals surface area contributed by atoms with E-state index in [1.54, 1.807) is 25.8 Å². The average Bonchev–Trinajstić information content (AvgIpc) is 0.781. The van der Waals surface area contributed by atoms with Crippen molar-refractivity contribution in [3.63, 3.8) is 0 Å². The van der Waals surface area contributed by atoms with Gasteiger partial charge in [-0.25, -0.2) is 4.79 Å². The number of ether oxygens (including phenoxy) is 10. The van der Waals surface area contributed by atoms with Gasteiger partial charge in [0.25, 0.3) is 5.91 Å². The Labute approximate surface area is 580 Å². The summed E-state index contributed by atoms with van der Waals surface area (Å²) < 4.78 is 61.8. The Morgan fingerprint density at radius 3 is 1.23 bits per heavy atom. The van der Waals surface area contributed by atoms with E-state index in [4.69, 9.17) is 47.4 Å². The Kier molecular flexibility index (Phi) is 34.5. The van der Waals surface area contributed by atoms with E-state index in [1.165, 1.54) is 20.8 Å². The van der Waals surface area contributed by atoms with Crippen LogP contribution >= 0.6 is 0 Å². The highest BCUT2D eigenvalue weighted by molar-refractivity contribution is 5.82. The minimum absolute atomic E-state index is 0.0218. The zero-order valence-corrected chi connectivity index (χ0v) is 59.1. The number of aliphatic carboxylic acids is 1. The van der Waals surface area contributed by atoms with Crippen molar-refractivity contribution in [2.24, 2.45) is 23.7 Å². The van der Waals surface area contributed by atoms with Gasteiger partial charge in [-0.2, -0.15) is 0 Å². The lowest BCUT2D eigenvalue weighted by atomic mass is 9.74. The van der Waals surface area contributed by atoms with E-state index in [0.717, 1.165) is 6.42 Å². The number of carboxylic acid groups (broad SMARTS) is 1. The maximum absolute atomic E-state index is 13.5. The first kappa shape index (κ1) is 84.3. The topological polar surface area (TPSA) is 469 Å². The summed E-state index contributed by atoms with van der Waals surface area (Å²) in [6.07, 6.45) is -23.4. The molecule has 7 aliphatic rings. The zero-order valence-electron chi connectivity index (χ0n) is 59.1. The fourth-order valence-electron chi connectivity index (χ4n) is 14.4. The largest absolute Gasteiger partial charge is 0.479 e. The van der Waals surface area contributed by atoms with Crippen LogP contribution < -0.4 is 21.3 Å². The third-order valence-corrected chi connectivity index (χ3v) is 20.3. The number of carboxylic acids is 1. The van der Waals surface area contributed by atoms with Gasteiger partial charge in [0.05, 0.1) is 49.8 Å². The van der Waals surface area contributed by atoms with Crippen molar-refractivity contribution < 1.29 is 132 Å². The molecule has 7 rings (SSSR count). The van der Waals surface area contributed by atoms with Crippen molar-refractivity contribution in [1.29, 1.82) is 0 Å². The SMILES string of the molecule is CCC[C@H](OC1C(NC(C)=O)[C@H](O[C@@H]2CC(C(=O)CCCNC)CC(CC)[C@H]2O[C@@H]2OC(C)[C@@H](O)[C@H](O)C2O)O[C@@H](CO)[C@@H]1O)C(=O)N1CCC1.CCC[C@H](OC1C(NC(C)=O)[C@H](O[C@@H]2CC(C(=O)CCCNC)CC(CC)[C@H]2O[C@@H]2OC(C)[C@@H](O)[C@H](O)C2O)O[C@@H](CO)[C@@H]1O)C(=O)O. The van der Waals surface area contributed by atoms with Gasteiger partial charge in [0.1, 0.15) is 103 Å². The third kappa shape index (κ3) is 22.2. The van der Waals surface area contributed by atoms with Gasteiger partial charge in [0.2, 0.25) is 11.8 Å². The van der Waals surface area contributed by atoms with Gasteiger partial charge in [-0.3, -0.25) is 24.0 Å². The molecule has 15 N–H and O–H groups in total. The third-order valence-electron chi connectivity index (χ3n) is 20.3. The number of hydrogen-bond donors (Lipinski definition) is 15. The Morgan fingerprint density at radius 1 is 0.505 bits per heavy atom. The number of aliphatic hydroxyl groups is 10. The Morgan fingerprint density at radius 2 is 0.899 bits per heavy atom. The molecule has 5 heterocycles. The van der Waals surface area contributed by atoms with Gasteiger partial charge in [-0.15, -0.1) is 0 Å². The molecule has 0 aromatic carbocycles. The number of carbonyl (C=O) groups excluding carboxylic acids is 5. The van der Waals surface area contributed by atoms with Crippen LogP contribution in [0.3, 0.4) is 0 Å². The predicted octanol–water partition coefficient (Wildman–Crippen LogP) is -2.23. The number of amides is 3. The molecule has 7 fully saturated rings. The highest BCUT2D eigenvalue weighted by Crippen LogP contribution is 2.43. The number of ketones is 2. The molecular formula is C67H117N5O27. The number of carbonyl (C=O) groups is 6. The minimum atomic E-state index is -1.61. The molecule has 0 spiro atoms. The molecule has 0 aromatic rings. The number of rotatable bonds is 34. The monoisotopic (exact) mass is 1420 g/mol. The van der Waals surface area contributed by atoms with Crippen LogP contribution in [-0.2, 0) is 76.1 Å². The van der Waals surface area contributed by atoms with Gasteiger partial charge in [0.15, 0.2) is 31.3 Å². The van der Waals surface area contributed by atoms with Crippen LogP contribution in [0.2, 0.25) is 0 Å². The number of aliphatic hydroxyl groups excluding tert-OH is 10. The van der Waals surface area contributed by atoms with Crippen LogP contribution in [0.1, 0.15) is 152 Å². The fraction of sp³-hybridized carbons (Fsp3) is 0.910. The van der Waals surface area contributed by atoms with Crippen LogP contribution in [0.15, 0.2) is 0 Å². The summed E-state index contributed by atoms with van der Waals surface area (Å²) in [5, 5.41) is 127. The second-order valence-electron chi connectivity index (χ2n) is 27.6. The summed E-state index contributed by atoms with van der Waals surface area (Å²) in [4.78, 5) is 79.0. The first-order chi connectivity index (χ1) is 47.1. The Balaban J connectivity index is 0.000000313. The van der Waals surface area contributed by atoms with Crippen molar-refractivity contribution in [1.82, 2.24) is 26.2 Å². The van der Waals surface area contributed by atoms with Crippen molar-refractivity contribution in [3.05, 3.63) is 0 Å². The highest BCUT2D eigenvalue weighted by Gasteiger charge is 2.56. The summed E-state index contributed by atoms with van der Waals surface area (Å²) in [7, 11) is 3.61. The first-order valence-corrected chi connectivity index (χ1v) is 35.7. The molecule has 32 nitrogen and oxygen atoms in total. The molecule has 572 valence electrons. The van der Waals surface area contributed by atoms with Crippen molar-refractivity contribution in [3.8, 4) is 0 Å².